The summed E-state index contributed by atoms with van der Waals surface area (Å²) >= 11 is 0. The van der Waals surface area contributed by atoms with Gasteiger partial charge in [-0.25, -0.2) is 4.79 Å². The molecule has 33 heavy (non-hydrogen) atoms. The highest BCUT2D eigenvalue weighted by atomic mass is 16.2. The van der Waals surface area contributed by atoms with Crippen molar-refractivity contribution in [1.29, 1.82) is 0 Å². The minimum atomic E-state index is -0.326. The summed E-state index contributed by atoms with van der Waals surface area (Å²) in [6.45, 7) is 2.68. The van der Waals surface area contributed by atoms with Crippen LogP contribution in [0.15, 0.2) is 88.5 Å². The molecule has 0 unspecified atom stereocenters. The van der Waals surface area contributed by atoms with Gasteiger partial charge in [0.1, 0.15) is 0 Å². The molecule has 3 aromatic carbocycles. The maximum absolute atomic E-state index is 13.3. The normalized spacial score (nSPS) is 10.9. The van der Waals surface area contributed by atoms with Gasteiger partial charge in [-0.2, -0.15) is 0 Å². The van der Waals surface area contributed by atoms with Crippen LogP contribution in [0, 0.1) is 6.92 Å². The SMILES string of the molecule is Cc1ccc(Cn2c(=O)n(CCCCC(=O)Nc3ccccc3)c(=O)c3ccccc32)cc1. The number of para-hydroxylation sites is 2. The third-order valence-corrected chi connectivity index (χ3v) is 5.69. The summed E-state index contributed by atoms with van der Waals surface area (Å²) in [5, 5.41) is 3.37. The highest BCUT2D eigenvalue weighted by molar-refractivity contribution is 5.90. The van der Waals surface area contributed by atoms with E-state index in [9.17, 15) is 14.4 Å². The van der Waals surface area contributed by atoms with Crippen molar-refractivity contribution < 1.29 is 4.79 Å². The molecule has 1 aromatic heterocycles. The number of benzene rings is 3. The average molecular weight is 442 g/mol. The van der Waals surface area contributed by atoms with Gasteiger partial charge in [0.15, 0.2) is 0 Å². The van der Waals surface area contributed by atoms with Crippen LogP contribution in [0.5, 0.6) is 0 Å². The van der Waals surface area contributed by atoms with Crippen LogP contribution in [-0.4, -0.2) is 15.0 Å². The molecule has 0 aliphatic carbocycles. The van der Waals surface area contributed by atoms with E-state index in [2.05, 4.69) is 5.32 Å². The number of carbonyl (C=O) groups excluding carboxylic acids is 1. The average Bonchev–Trinajstić information content (AvgIpc) is 2.83. The van der Waals surface area contributed by atoms with Crippen LogP contribution in [0.25, 0.3) is 10.9 Å². The van der Waals surface area contributed by atoms with Crippen molar-refractivity contribution in [2.45, 2.75) is 39.3 Å². The number of rotatable bonds is 8. The Labute approximate surface area is 192 Å². The zero-order valence-corrected chi connectivity index (χ0v) is 18.7. The Morgan fingerprint density at radius 3 is 2.27 bits per heavy atom. The van der Waals surface area contributed by atoms with E-state index in [1.807, 2.05) is 79.7 Å². The van der Waals surface area contributed by atoms with E-state index < -0.39 is 0 Å². The van der Waals surface area contributed by atoms with E-state index in [-0.39, 0.29) is 23.7 Å². The van der Waals surface area contributed by atoms with Gasteiger partial charge >= 0.3 is 5.69 Å². The first-order valence-corrected chi connectivity index (χ1v) is 11.2. The molecule has 0 spiro atoms. The number of amides is 1. The quantitative estimate of drug-likeness (QED) is 0.414. The van der Waals surface area contributed by atoms with Crippen LogP contribution in [0.1, 0.15) is 30.4 Å². The van der Waals surface area contributed by atoms with Gasteiger partial charge in [-0.1, -0.05) is 60.2 Å². The first-order valence-electron chi connectivity index (χ1n) is 11.2. The fourth-order valence-corrected chi connectivity index (χ4v) is 3.90. The van der Waals surface area contributed by atoms with Crippen molar-refractivity contribution in [2.24, 2.45) is 0 Å². The Kier molecular flexibility index (Phi) is 6.83. The summed E-state index contributed by atoms with van der Waals surface area (Å²) in [7, 11) is 0. The number of hydrogen-bond acceptors (Lipinski definition) is 3. The topological polar surface area (TPSA) is 73.1 Å². The molecule has 168 valence electrons. The number of unbranched alkanes of at least 4 members (excludes halogenated alkanes) is 1. The van der Waals surface area contributed by atoms with E-state index in [1.165, 1.54) is 4.57 Å². The minimum absolute atomic E-state index is 0.0798. The zero-order chi connectivity index (χ0) is 23.2. The molecule has 0 aliphatic heterocycles. The van der Waals surface area contributed by atoms with Crippen LogP contribution in [0.2, 0.25) is 0 Å². The summed E-state index contributed by atoms with van der Waals surface area (Å²) in [6, 6.07) is 24.5. The van der Waals surface area contributed by atoms with Crippen molar-refractivity contribution in [3.63, 3.8) is 0 Å². The van der Waals surface area contributed by atoms with Crippen LogP contribution in [0.4, 0.5) is 5.69 Å². The monoisotopic (exact) mass is 441 g/mol. The number of aryl methyl sites for hydroxylation is 1. The Morgan fingerprint density at radius 2 is 1.52 bits per heavy atom. The number of fused-ring (bicyclic) bond motifs is 1. The van der Waals surface area contributed by atoms with Gasteiger partial charge in [0.2, 0.25) is 5.91 Å². The molecule has 0 fully saturated rings. The molecule has 1 amide bonds. The molecule has 1 N–H and O–H groups in total. The Morgan fingerprint density at radius 1 is 0.818 bits per heavy atom. The lowest BCUT2D eigenvalue weighted by Crippen LogP contribution is -2.40. The lowest BCUT2D eigenvalue weighted by Gasteiger charge is -2.14. The van der Waals surface area contributed by atoms with E-state index in [4.69, 9.17) is 0 Å². The highest BCUT2D eigenvalue weighted by Crippen LogP contribution is 2.12. The van der Waals surface area contributed by atoms with Crippen LogP contribution < -0.4 is 16.6 Å². The molecule has 4 aromatic rings. The molecule has 0 radical (unpaired) electrons. The van der Waals surface area contributed by atoms with Gasteiger partial charge in [-0.3, -0.25) is 18.7 Å². The molecular formula is C27H27N3O3. The summed E-state index contributed by atoms with van der Waals surface area (Å²) < 4.78 is 2.95. The van der Waals surface area contributed by atoms with Gasteiger partial charge in [-0.15, -0.1) is 0 Å². The minimum Gasteiger partial charge on any atom is -0.326 e. The first kappa shape index (κ1) is 22.3. The van der Waals surface area contributed by atoms with Crippen LogP contribution >= 0.6 is 0 Å². The Bertz CT molecular complexity index is 1370. The van der Waals surface area contributed by atoms with E-state index >= 15 is 0 Å². The van der Waals surface area contributed by atoms with E-state index in [1.54, 1.807) is 10.6 Å². The van der Waals surface area contributed by atoms with Gasteiger partial charge in [0.05, 0.1) is 17.4 Å². The largest absolute Gasteiger partial charge is 0.331 e. The molecule has 1 heterocycles. The molecule has 4 rings (SSSR count). The molecule has 0 atom stereocenters. The van der Waals surface area contributed by atoms with Crippen LogP contribution in [0.3, 0.4) is 0 Å². The Balaban J connectivity index is 1.51. The van der Waals surface area contributed by atoms with Gasteiger partial charge in [0, 0.05) is 18.7 Å². The number of anilines is 1. The van der Waals surface area contributed by atoms with Crippen molar-refractivity contribution in [3.05, 3.63) is 111 Å². The Hall–Kier alpha value is -3.93. The third-order valence-electron chi connectivity index (χ3n) is 5.69. The summed E-state index contributed by atoms with van der Waals surface area (Å²) in [5.41, 5.74) is 2.92. The zero-order valence-electron chi connectivity index (χ0n) is 18.7. The molecule has 6 heteroatoms. The lowest BCUT2D eigenvalue weighted by atomic mass is 10.1. The maximum atomic E-state index is 13.3. The number of aromatic nitrogens is 2. The van der Waals surface area contributed by atoms with E-state index in [0.29, 0.717) is 36.7 Å². The van der Waals surface area contributed by atoms with Crippen molar-refractivity contribution in [1.82, 2.24) is 9.13 Å². The first-order chi connectivity index (χ1) is 16.0. The summed E-state index contributed by atoms with van der Waals surface area (Å²) in [6.07, 6.45) is 1.46. The third kappa shape index (κ3) is 5.29. The molecule has 6 nitrogen and oxygen atoms in total. The highest BCUT2D eigenvalue weighted by Gasteiger charge is 2.13. The van der Waals surface area contributed by atoms with E-state index in [0.717, 1.165) is 16.8 Å². The maximum Gasteiger partial charge on any atom is 0.331 e. The second-order valence-corrected chi connectivity index (χ2v) is 8.20. The van der Waals surface area contributed by atoms with Crippen molar-refractivity contribution in [2.75, 3.05) is 5.32 Å². The summed E-state index contributed by atoms with van der Waals surface area (Å²) in [4.78, 5) is 38.5. The fourth-order valence-electron chi connectivity index (χ4n) is 3.90. The van der Waals surface area contributed by atoms with Gasteiger partial charge < -0.3 is 5.32 Å². The van der Waals surface area contributed by atoms with Crippen molar-refractivity contribution >= 4 is 22.5 Å². The molecular weight excluding hydrogens is 414 g/mol. The number of hydrogen-bond donors (Lipinski definition) is 1. The number of nitrogens with zero attached hydrogens (tertiary/aromatic N) is 2. The second kappa shape index (κ2) is 10.1. The summed E-state index contributed by atoms with van der Waals surface area (Å²) in [5.74, 6) is -0.0798. The standard InChI is InChI=1S/C27H27N3O3/c1-20-14-16-21(17-15-20)19-30-24-12-6-5-11-23(24)26(32)29(27(30)33)18-8-7-13-25(31)28-22-9-3-2-4-10-22/h2-6,9-12,14-17H,7-8,13,18-19H2,1H3,(H,28,31). The molecule has 0 saturated heterocycles. The smallest absolute Gasteiger partial charge is 0.326 e. The molecule has 0 saturated carbocycles. The van der Waals surface area contributed by atoms with Crippen molar-refractivity contribution in [3.8, 4) is 0 Å². The van der Waals surface area contributed by atoms with Crippen LogP contribution in [-0.2, 0) is 17.9 Å². The number of carbonyl (C=O) groups is 1. The predicted octanol–water partition coefficient (Wildman–Crippen LogP) is 4.33. The fraction of sp³-hybridized carbons (Fsp3) is 0.222. The molecule has 0 bridgehead atoms. The van der Waals surface area contributed by atoms with Gasteiger partial charge in [0.25, 0.3) is 5.56 Å². The predicted molar refractivity (Wildman–Crippen MR) is 132 cm³/mol. The molecule has 0 aliphatic rings. The second-order valence-electron chi connectivity index (χ2n) is 8.20. The van der Waals surface area contributed by atoms with Gasteiger partial charge in [-0.05, 0) is 49.6 Å². The lowest BCUT2D eigenvalue weighted by molar-refractivity contribution is -0.116. The number of nitrogens with one attached hydrogen (secondary N) is 1.